The molecule has 0 unspecified atom stereocenters. The Balaban J connectivity index is 0.00000259. The normalized spacial score (nSPS) is 13.9. The van der Waals surface area contributed by atoms with E-state index in [1.807, 2.05) is 66.5 Å². The van der Waals surface area contributed by atoms with Crippen molar-refractivity contribution in [2.24, 2.45) is 7.05 Å². The number of carbonyl (C=O) groups is 2. The molecule has 1 aliphatic heterocycles. The molecule has 2 aromatic heterocycles. The molecule has 1 N–H and O–H groups in total. The van der Waals surface area contributed by atoms with E-state index in [0.29, 0.717) is 11.1 Å². The van der Waals surface area contributed by atoms with Gasteiger partial charge in [-0.15, -0.1) is 12.4 Å². The van der Waals surface area contributed by atoms with Crippen LogP contribution in [0.25, 0.3) is 33.0 Å². The first-order valence-electron chi connectivity index (χ1n) is 10.8. The van der Waals surface area contributed by atoms with Crippen molar-refractivity contribution < 1.29 is 9.59 Å². The Morgan fingerprint density at radius 2 is 1.36 bits per heavy atom. The molecule has 0 saturated carbocycles. The minimum Gasteiger partial charge on any atom is -0.350 e. The number of aryl methyl sites for hydroxylation is 2. The van der Waals surface area contributed by atoms with Crippen LogP contribution in [-0.4, -0.2) is 46.5 Å². The van der Waals surface area contributed by atoms with Crippen molar-refractivity contribution >= 4 is 57.2 Å². The second kappa shape index (κ2) is 8.89. The highest BCUT2D eigenvalue weighted by molar-refractivity contribution is 6.50. The molecule has 5 rings (SSSR count). The van der Waals surface area contributed by atoms with Gasteiger partial charge in [-0.2, -0.15) is 0 Å². The molecular formula is C26H27ClN4O2. The molecule has 170 valence electrons. The van der Waals surface area contributed by atoms with Crippen LogP contribution in [0.3, 0.4) is 0 Å². The van der Waals surface area contributed by atoms with Crippen LogP contribution in [0.1, 0.15) is 17.5 Å². The molecule has 33 heavy (non-hydrogen) atoms. The van der Waals surface area contributed by atoms with Gasteiger partial charge in [0, 0.05) is 58.9 Å². The molecule has 0 saturated heterocycles. The molecule has 0 spiro atoms. The minimum atomic E-state index is -0.342. The molecule has 3 heterocycles. The summed E-state index contributed by atoms with van der Waals surface area (Å²) in [4.78, 5) is 28.2. The molecule has 7 heteroatoms. The number of fused-ring (bicyclic) bond motifs is 2. The second-order valence-electron chi connectivity index (χ2n) is 8.61. The van der Waals surface area contributed by atoms with E-state index < -0.39 is 0 Å². The molecule has 6 nitrogen and oxygen atoms in total. The predicted octanol–water partition coefficient (Wildman–Crippen LogP) is 4.07. The smallest absolute Gasteiger partial charge is 0.259 e. The van der Waals surface area contributed by atoms with Gasteiger partial charge in [0.15, 0.2) is 0 Å². The molecular weight excluding hydrogens is 436 g/mol. The SMILES string of the molecule is CN(C)CCCn1cc(C2=C(c3cn(C)c4ccccc34)C(=O)NC2=O)c2ccccc21.Cl. The van der Waals surface area contributed by atoms with Gasteiger partial charge in [0.25, 0.3) is 11.8 Å². The van der Waals surface area contributed by atoms with E-state index in [9.17, 15) is 9.59 Å². The third-order valence-electron chi connectivity index (χ3n) is 6.16. The van der Waals surface area contributed by atoms with E-state index in [1.54, 1.807) is 0 Å². The van der Waals surface area contributed by atoms with Gasteiger partial charge in [-0.3, -0.25) is 14.9 Å². The fourth-order valence-corrected chi connectivity index (χ4v) is 4.70. The quantitative estimate of drug-likeness (QED) is 0.439. The van der Waals surface area contributed by atoms with E-state index in [-0.39, 0.29) is 24.2 Å². The van der Waals surface area contributed by atoms with Gasteiger partial charge >= 0.3 is 0 Å². The predicted molar refractivity (Wildman–Crippen MR) is 135 cm³/mol. The molecule has 0 fully saturated rings. The average molecular weight is 463 g/mol. The Kier molecular flexibility index (Phi) is 6.15. The van der Waals surface area contributed by atoms with Gasteiger partial charge in [0.05, 0.1) is 11.1 Å². The van der Waals surface area contributed by atoms with Crippen LogP contribution in [0.5, 0.6) is 0 Å². The first-order chi connectivity index (χ1) is 15.5. The Morgan fingerprint density at radius 1 is 0.818 bits per heavy atom. The van der Waals surface area contributed by atoms with Gasteiger partial charge in [0.1, 0.15) is 0 Å². The Morgan fingerprint density at radius 3 is 2.00 bits per heavy atom. The highest BCUT2D eigenvalue weighted by Gasteiger charge is 2.35. The summed E-state index contributed by atoms with van der Waals surface area (Å²) in [6.07, 6.45) is 4.96. The number of hydrogen-bond acceptors (Lipinski definition) is 3. The summed E-state index contributed by atoms with van der Waals surface area (Å²) >= 11 is 0. The number of aromatic nitrogens is 2. The van der Waals surface area contributed by atoms with Crippen molar-refractivity contribution in [3.8, 4) is 0 Å². The van der Waals surface area contributed by atoms with E-state index in [2.05, 4.69) is 34.9 Å². The van der Waals surface area contributed by atoms with E-state index in [0.717, 1.165) is 52.4 Å². The van der Waals surface area contributed by atoms with Crippen molar-refractivity contribution in [3.63, 3.8) is 0 Å². The van der Waals surface area contributed by atoms with Gasteiger partial charge in [-0.1, -0.05) is 36.4 Å². The molecule has 0 bridgehead atoms. The van der Waals surface area contributed by atoms with Crippen LogP contribution >= 0.6 is 12.4 Å². The van der Waals surface area contributed by atoms with Gasteiger partial charge in [-0.05, 0) is 39.2 Å². The fourth-order valence-electron chi connectivity index (χ4n) is 4.70. The second-order valence-corrected chi connectivity index (χ2v) is 8.61. The number of halogens is 1. The van der Waals surface area contributed by atoms with Crippen LogP contribution in [0.4, 0.5) is 0 Å². The maximum absolute atomic E-state index is 13.1. The summed E-state index contributed by atoms with van der Waals surface area (Å²) in [5.74, 6) is -0.681. The van der Waals surface area contributed by atoms with Gasteiger partial charge in [0.2, 0.25) is 0 Å². The van der Waals surface area contributed by atoms with Crippen molar-refractivity contribution in [1.29, 1.82) is 0 Å². The number of hydrogen-bond donors (Lipinski definition) is 1. The maximum atomic E-state index is 13.1. The summed E-state index contributed by atoms with van der Waals surface area (Å²) in [5, 5.41) is 4.48. The summed E-state index contributed by atoms with van der Waals surface area (Å²) in [7, 11) is 6.08. The Bertz CT molecular complexity index is 1410. The zero-order chi connectivity index (χ0) is 22.4. The summed E-state index contributed by atoms with van der Waals surface area (Å²) < 4.78 is 4.19. The maximum Gasteiger partial charge on any atom is 0.259 e. The molecule has 0 aliphatic carbocycles. The van der Waals surface area contributed by atoms with Crippen molar-refractivity contribution in [1.82, 2.24) is 19.4 Å². The van der Waals surface area contributed by atoms with Gasteiger partial charge in [-0.25, -0.2) is 0 Å². The minimum absolute atomic E-state index is 0. The lowest BCUT2D eigenvalue weighted by Crippen LogP contribution is -2.22. The zero-order valence-corrected chi connectivity index (χ0v) is 19.8. The highest BCUT2D eigenvalue weighted by atomic mass is 35.5. The third-order valence-corrected chi connectivity index (χ3v) is 6.16. The summed E-state index contributed by atoms with van der Waals surface area (Å²) in [6.45, 7) is 1.82. The van der Waals surface area contributed by atoms with Crippen molar-refractivity contribution in [3.05, 3.63) is 72.1 Å². The Labute approximate surface area is 198 Å². The molecule has 2 aromatic carbocycles. The van der Waals surface area contributed by atoms with Crippen molar-refractivity contribution in [2.75, 3.05) is 20.6 Å². The Hall–Kier alpha value is -3.35. The number of rotatable bonds is 6. The van der Waals surface area contributed by atoms with E-state index >= 15 is 0 Å². The van der Waals surface area contributed by atoms with Crippen LogP contribution in [0.15, 0.2) is 60.9 Å². The number of nitrogens with zero attached hydrogens (tertiary/aromatic N) is 3. The lowest BCUT2D eigenvalue weighted by molar-refractivity contribution is -0.122. The topological polar surface area (TPSA) is 59.3 Å². The van der Waals surface area contributed by atoms with Crippen LogP contribution in [0, 0.1) is 0 Å². The summed E-state index contributed by atoms with van der Waals surface area (Å²) in [6, 6.07) is 16.0. The zero-order valence-electron chi connectivity index (χ0n) is 19.0. The number of benzene rings is 2. The van der Waals surface area contributed by atoms with Crippen LogP contribution in [-0.2, 0) is 23.2 Å². The van der Waals surface area contributed by atoms with E-state index in [4.69, 9.17) is 0 Å². The number of amides is 2. The monoisotopic (exact) mass is 462 g/mol. The first kappa shape index (κ1) is 22.8. The number of imide groups is 1. The van der Waals surface area contributed by atoms with Crippen LogP contribution < -0.4 is 5.32 Å². The number of nitrogens with one attached hydrogen (secondary N) is 1. The van der Waals surface area contributed by atoms with Gasteiger partial charge < -0.3 is 14.0 Å². The first-order valence-corrected chi connectivity index (χ1v) is 10.8. The molecule has 2 amide bonds. The van der Waals surface area contributed by atoms with Crippen molar-refractivity contribution in [2.45, 2.75) is 13.0 Å². The standard InChI is InChI=1S/C26H26N4O2.ClH/c1-28(2)13-8-14-30-16-20(18-10-5-7-12-22(18)30)24-23(25(31)27-26(24)32)19-15-29(3)21-11-6-4-9-17(19)21;/h4-7,9-12,15-16H,8,13-14H2,1-3H3,(H,27,31,32);1H. The molecule has 1 aliphatic rings. The molecule has 0 atom stereocenters. The third kappa shape index (κ3) is 3.86. The number of para-hydroxylation sites is 2. The summed E-state index contributed by atoms with van der Waals surface area (Å²) in [5.41, 5.74) is 4.57. The number of carbonyl (C=O) groups excluding carboxylic acids is 2. The lowest BCUT2D eigenvalue weighted by Gasteiger charge is -2.10. The molecule has 0 radical (unpaired) electrons. The fraction of sp³-hybridized carbons (Fsp3) is 0.231. The average Bonchev–Trinajstić information content (AvgIpc) is 3.39. The molecule has 4 aromatic rings. The highest BCUT2D eigenvalue weighted by Crippen LogP contribution is 2.38. The van der Waals surface area contributed by atoms with E-state index in [1.165, 1.54) is 0 Å². The van der Waals surface area contributed by atoms with Crippen LogP contribution in [0.2, 0.25) is 0 Å². The largest absolute Gasteiger partial charge is 0.350 e. The lowest BCUT2D eigenvalue weighted by atomic mass is 9.95.